The van der Waals surface area contributed by atoms with Crippen molar-refractivity contribution in [2.75, 3.05) is 0 Å². The molecule has 0 amide bonds. The summed E-state index contributed by atoms with van der Waals surface area (Å²) in [6.07, 6.45) is 11.2. The highest BCUT2D eigenvalue weighted by molar-refractivity contribution is 6.33. The number of ketones is 2. The molecule has 0 fully saturated rings. The van der Waals surface area contributed by atoms with E-state index in [-0.39, 0.29) is 29.4 Å². The highest BCUT2D eigenvalue weighted by Gasteiger charge is 2.55. The van der Waals surface area contributed by atoms with Gasteiger partial charge in [0.25, 0.3) is 0 Å². The van der Waals surface area contributed by atoms with Crippen molar-refractivity contribution in [1.29, 1.82) is 0 Å². The van der Waals surface area contributed by atoms with Crippen LogP contribution in [-0.2, 0) is 29.2 Å². The molecule has 1 N–H and O–H groups in total. The van der Waals surface area contributed by atoms with Crippen LogP contribution in [0, 0.1) is 0 Å². The van der Waals surface area contributed by atoms with Crippen LogP contribution >= 0.6 is 12.4 Å². The summed E-state index contributed by atoms with van der Waals surface area (Å²) in [5.41, 5.74) is 7.02. The molecule has 7 aromatic rings. The summed E-state index contributed by atoms with van der Waals surface area (Å²) in [7, 11) is 0. The number of hydrogen-bond acceptors (Lipinski definition) is 4. The van der Waals surface area contributed by atoms with Gasteiger partial charge in [-0.25, -0.2) is 9.97 Å². The monoisotopic (exact) mass is 730 g/mol. The van der Waals surface area contributed by atoms with E-state index in [1.807, 2.05) is 73.9 Å². The SMILES string of the molecule is CCC1(c2cn(C(c3ccccc3)(c3ccccc3)c3ccccc3)cn2)C(=O)c2ccccc2C1=O.CCC1(c2cnc[nH]2)Cc2ccccc2C1.Cl. The second-order valence-electron chi connectivity index (χ2n) is 14.2. The van der Waals surface area contributed by atoms with E-state index in [1.54, 1.807) is 36.9 Å². The normalized spacial score (nSPS) is 15.1. The number of imidazole rings is 2. The number of aromatic nitrogens is 4. The summed E-state index contributed by atoms with van der Waals surface area (Å²) in [4.78, 5) is 39.8. The second kappa shape index (κ2) is 14.9. The lowest BCUT2D eigenvalue weighted by molar-refractivity contribution is 0.0785. The van der Waals surface area contributed by atoms with Gasteiger partial charge in [0.15, 0.2) is 11.6 Å². The zero-order chi connectivity index (χ0) is 36.5. The molecule has 2 aromatic heterocycles. The van der Waals surface area contributed by atoms with E-state index >= 15 is 0 Å². The maximum absolute atomic E-state index is 13.8. The number of nitrogens with zero attached hydrogens (tertiary/aromatic N) is 3. The van der Waals surface area contributed by atoms with Crippen molar-refractivity contribution in [3.63, 3.8) is 0 Å². The van der Waals surface area contributed by atoms with Crippen LogP contribution in [0.5, 0.6) is 0 Å². The number of Topliss-reactive ketones (excluding diaryl/α,β-unsaturated/α-hetero) is 2. The molecule has 9 rings (SSSR count). The lowest BCUT2D eigenvalue weighted by atomic mass is 9.76. The van der Waals surface area contributed by atoms with E-state index in [0.717, 1.165) is 36.0 Å². The Bertz CT molecular complexity index is 2210. The molecule has 0 radical (unpaired) electrons. The fourth-order valence-corrected chi connectivity index (χ4v) is 8.76. The lowest BCUT2D eigenvalue weighted by Gasteiger charge is -2.37. The molecule has 2 aliphatic rings. The number of rotatable bonds is 8. The van der Waals surface area contributed by atoms with Gasteiger partial charge in [-0.3, -0.25) is 9.59 Å². The number of benzene rings is 5. The van der Waals surface area contributed by atoms with Crippen LogP contribution in [0.3, 0.4) is 0 Å². The quantitative estimate of drug-likeness (QED) is 0.125. The highest BCUT2D eigenvalue weighted by atomic mass is 35.5. The van der Waals surface area contributed by atoms with E-state index in [0.29, 0.717) is 23.2 Å². The molecule has 0 saturated carbocycles. The van der Waals surface area contributed by atoms with Crippen LogP contribution in [0.1, 0.15) is 86.6 Å². The van der Waals surface area contributed by atoms with Crippen LogP contribution < -0.4 is 0 Å². The van der Waals surface area contributed by atoms with Crippen LogP contribution in [0.4, 0.5) is 0 Å². The molecular weight excluding hydrogens is 688 g/mol. The van der Waals surface area contributed by atoms with E-state index < -0.39 is 11.0 Å². The van der Waals surface area contributed by atoms with Crippen molar-refractivity contribution in [1.82, 2.24) is 19.5 Å². The zero-order valence-electron chi connectivity index (χ0n) is 30.5. The average Bonchev–Trinajstić information content (AvgIpc) is 4.04. The molecule has 2 heterocycles. The number of hydrogen-bond donors (Lipinski definition) is 1. The third-order valence-corrected chi connectivity index (χ3v) is 11.6. The summed E-state index contributed by atoms with van der Waals surface area (Å²) in [5.74, 6) is -0.351. The fraction of sp³-hybridized carbons (Fsp3) is 0.191. The Balaban J connectivity index is 0.000000221. The van der Waals surface area contributed by atoms with Crippen LogP contribution in [0.15, 0.2) is 165 Å². The van der Waals surface area contributed by atoms with Gasteiger partial charge in [0, 0.05) is 34.6 Å². The molecule has 5 aromatic carbocycles. The molecule has 7 heteroatoms. The number of fused-ring (bicyclic) bond motifs is 2. The molecule has 270 valence electrons. The Labute approximate surface area is 322 Å². The Kier molecular flexibility index (Phi) is 10.1. The van der Waals surface area contributed by atoms with Crippen LogP contribution in [0.2, 0.25) is 0 Å². The first-order valence-corrected chi connectivity index (χ1v) is 18.4. The Morgan fingerprint density at radius 1 is 0.648 bits per heavy atom. The summed E-state index contributed by atoms with van der Waals surface area (Å²) in [5, 5.41) is 0. The highest BCUT2D eigenvalue weighted by Crippen LogP contribution is 2.45. The number of halogens is 1. The van der Waals surface area contributed by atoms with Gasteiger partial charge in [0.2, 0.25) is 0 Å². The second-order valence-corrected chi connectivity index (χ2v) is 14.2. The molecule has 0 atom stereocenters. The third kappa shape index (κ3) is 5.73. The van der Waals surface area contributed by atoms with Gasteiger partial charge in [0.05, 0.1) is 18.3 Å². The largest absolute Gasteiger partial charge is 0.348 e. The standard InChI is InChI=1S/C33H26N2O2.C14H16N2.ClH/c1-2-32(30(36)27-20-12-13-21-28(27)31(32)37)29-22-35(23-34-29)33(24-14-6-3-7-15-24,25-16-8-4-9-17-25)26-18-10-5-11-19-26;1-2-14(13-9-15-10-16-13)7-11-5-3-4-6-12(11)8-14;/h3-23H,2H2,1H3;3-6,9-10H,2,7-8H2,1H3,(H,15,16);1H. The van der Waals surface area contributed by atoms with Crippen LogP contribution in [0.25, 0.3) is 0 Å². The Morgan fingerprint density at radius 3 is 1.54 bits per heavy atom. The molecule has 0 saturated heterocycles. The van der Waals surface area contributed by atoms with E-state index in [4.69, 9.17) is 4.98 Å². The molecule has 0 bridgehead atoms. The summed E-state index contributed by atoms with van der Waals surface area (Å²) < 4.78 is 2.06. The van der Waals surface area contributed by atoms with Gasteiger partial charge < -0.3 is 9.55 Å². The summed E-state index contributed by atoms with van der Waals surface area (Å²) >= 11 is 0. The first kappa shape index (κ1) is 36.5. The van der Waals surface area contributed by atoms with Gasteiger partial charge in [-0.05, 0) is 53.5 Å². The third-order valence-electron chi connectivity index (χ3n) is 11.6. The van der Waals surface area contributed by atoms with Gasteiger partial charge >= 0.3 is 0 Å². The smallest absolute Gasteiger partial charge is 0.183 e. The number of nitrogens with one attached hydrogen (secondary N) is 1. The number of carbonyl (C=O) groups excluding carboxylic acids is 2. The van der Waals surface area contributed by atoms with Crippen molar-refractivity contribution in [3.8, 4) is 0 Å². The molecular formula is C47H43ClN4O2. The first-order chi connectivity index (χ1) is 26.0. The van der Waals surface area contributed by atoms with Gasteiger partial charge in [-0.15, -0.1) is 12.4 Å². The summed E-state index contributed by atoms with van der Waals surface area (Å²) in [6, 6.07) is 46.7. The van der Waals surface area contributed by atoms with Crippen molar-refractivity contribution >= 4 is 24.0 Å². The molecule has 54 heavy (non-hydrogen) atoms. The minimum atomic E-state index is -1.33. The van der Waals surface area contributed by atoms with Gasteiger partial charge in [-0.2, -0.15) is 0 Å². The van der Waals surface area contributed by atoms with Crippen molar-refractivity contribution in [3.05, 3.63) is 215 Å². The van der Waals surface area contributed by atoms with Gasteiger partial charge in [-0.1, -0.05) is 153 Å². The van der Waals surface area contributed by atoms with Crippen molar-refractivity contribution < 1.29 is 9.59 Å². The molecule has 0 unspecified atom stereocenters. The number of carbonyl (C=O) groups is 2. The predicted molar refractivity (Wildman–Crippen MR) is 216 cm³/mol. The lowest BCUT2D eigenvalue weighted by Crippen LogP contribution is -2.39. The molecule has 2 aliphatic carbocycles. The van der Waals surface area contributed by atoms with E-state index in [1.165, 1.54) is 16.8 Å². The predicted octanol–water partition coefficient (Wildman–Crippen LogP) is 9.73. The molecule has 6 nitrogen and oxygen atoms in total. The first-order valence-electron chi connectivity index (χ1n) is 18.4. The number of H-pyrrole nitrogens is 1. The molecule has 0 aliphatic heterocycles. The van der Waals surface area contributed by atoms with E-state index in [9.17, 15) is 9.59 Å². The minimum Gasteiger partial charge on any atom is -0.348 e. The zero-order valence-corrected chi connectivity index (χ0v) is 31.3. The van der Waals surface area contributed by atoms with Gasteiger partial charge in [0.1, 0.15) is 11.0 Å². The topological polar surface area (TPSA) is 80.6 Å². The Hall–Kier alpha value is -5.85. The molecule has 0 spiro atoms. The van der Waals surface area contributed by atoms with E-state index in [2.05, 4.69) is 82.1 Å². The number of aromatic amines is 1. The van der Waals surface area contributed by atoms with Crippen LogP contribution in [-0.4, -0.2) is 31.1 Å². The minimum absolute atomic E-state index is 0. The fourth-order valence-electron chi connectivity index (χ4n) is 8.76. The van der Waals surface area contributed by atoms with Crippen molar-refractivity contribution in [2.24, 2.45) is 0 Å². The summed E-state index contributed by atoms with van der Waals surface area (Å²) in [6.45, 7) is 4.16. The van der Waals surface area contributed by atoms with Crippen molar-refractivity contribution in [2.45, 2.75) is 55.9 Å². The maximum atomic E-state index is 13.8. The maximum Gasteiger partial charge on any atom is 0.183 e. The Morgan fingerprint density at radius 2 is 1.11 bits per heavy atom. The average molecular weight is 731 g/mol.